The predicted octanol–water partition coefficient (Wildman–Crippen LogP) is 2.98. The molecule has 0 aromatic heterocycles. The smallest absolute Gasteiger partial charge is 0.179 e. The van der Waals surface area contributed by atoms with E-state index in [0.29, 0.717) is 22.4 Å². The molecule has 0 bridgehead atoms. The van der Waals surface area contributed by atoms with E-state index in [4.69, 9.17) is 5.73 Å². The van der Waals surface area contributed by atoms with Gasteiger partial charge in [-0.15, -0.1) is 0 Å². The van der Waals surface area contributed by atoms with Crippen molar-refractivity contribution in [2.75, 3.05) is 11.5 Å². The van der Waals surface area contributed by atoms with E-state index in [1.54, 1.807) is 18.2 Å². The Labute approximate surface area is 126 Å². The number of hydrogen-bond donors (Lipinski definition) is 1. The van der Waals surface area contributed by atoms with Crippen LogP contribution in [0, 0.1) is 0 Å². The summed E-state index contributed by atoms with van der Waals surface area (Å²) in [7, 11) is -3.17. The van der Waals surface area contributed by atoms with Crippen LogP contribution < -0.4 is 5.73 Å². The van der Waals surface area contributed by atoms with Crippen LogP contribution in [0.2, 0.25) is 0 Å². The average molecular weight is 313 g/mol. The van der Waals surface area contributed by atoms with Crippen LogP contribution in [0.5, 0.6) is 0 Å². The molecule has 2 N–H and O–H groups in total. The summed E-state index contributed by atoms with van der Waals surface area (Å²) in [5.41, 5.74) is 6.43. The molecule has 0 radical (unpaired) electrons. The lowest BCUT2D eigenvalue weighted by Crippen LogP contribution is -2.14. The molecule has 0 saturated heterocycles. The van der Waals surface area contributed by atoms with Crippen molar-refractivity contribution in [3.05, 3.63) is 29.8 Å². The minimum Gasteiger partial charge on any atom is -0.326 e. The van der Waals surface area contributed by atoms with Gasteiger partial charge >= 0.3 is 0 Å². The van der Waals surface area contributed by atoms with Crippen LogP contribution >= 0.6 is 11.8 Å². The highest BCUT2D eigenvalue weighted by molar-refractivity contribution is 8.01. The molecule has 3 nitrogen and oxygen atoms in total. The fraction of sp³-hybridized carbons (Fsp3) is 0.600. The molecule has 1 aliphatic rings. The minimum absolute atomic E-state index is 0.224. The molecular formula is C15H23NO2S2. The normalized spacial score (nSPS) is 17.2. The maximum Gasteiger partial charge on any atom is 0.179 e. The molecule has 112 valence electrons. The zero-order chi connectivity index (χ0) is 14.4. The second kappa shape index (κ2) is 7.48. The molecular weight excluding hydrogens is 290 g/mol. The van der Waals surface area contributed by atoms with Crippen molar-refractivity contribution in [1.82, 2.24) is 0 Å². The Hall–Kier alpha value is -0.520. The summed E-state index contributed by atoms with van der Waals surface area (Å²) in [6.07, 6.45) is 6.41. The average Bonchev–Trinajstić information content (AvgIpc) is 2.48. The Bertz CT molecular complexity index is 522. The molecule has 0 spiro atoms. The fourth-order valence-electron chi connectivity index (χ4n) is 2.54. The van der Waals surface area contributed by atoms with Crippen LogP contribution in [0.3, 0.4) is 0 Å². The lowest BCUT2D eigenvalue weighted by atomic mass is 10.0. The van der Waals surface area contributed by atoms with E-state index in [9.17, 15) is 8.42 Å². The van der Waals surface area contributed by atoms with Crippen molar-refractivity contribution in [2.45, 2.75) is 48.8 Å². The van der Waals surface area contributed by atoms with E-state index >= 15 is 0 Å². The Morgan fingerprint density at radius 2 is 1.95 bits per heavy atom. The van der Waals surface area contributed by atoms with Crippen LogP contribution in [0.1, 0.15) is 37.7 Å². The minimum atomic E-state index is -3.17. The van der Waals surface area contributed by atoms with Gasteiger partial charge in [0.25, 0.3) is 0 Å². The fourth-order valence-corrected chi connectivity index (χ4v) is 5.66. The molecule has 5 heteroatoms. The molecule has 0 unspecified atom stereocenters. The Kier molecular flexibility index (Phi) is 5.93. The Morgan fingerprint density at radius 1 is 1.20 bits per heavy atom. The lowest BCUT2D eigenvalue weighted by molar-refractivity contribution is 0.516. The highest BCUT2D eigenvalue weighted by Crippen LogP contribution is 2.28. The van der Waals surface area contributed by atoms with Gasteiger partial charge in [0.1, 0.15) is 0 Å². The summed E-state index contributed by atoms with van der Waals surface area (Å²) in [5, 5.41) is 0.661. The number of hydrogen-bond acceptors (Lipinski definition) is 4. The first kappa shape index (κ1) is 15.9. The Balaban J connectivity index is 1.89. The lowest BCUT2D eigenvalue weighted by Gasteiger charge is -2.20. The van der Waals surface area contributed by atoms with E-state index in [1.165, 1.54) is 32.1 Å². The molecule has 20 heavy (non-hydrogen) atoms. The monoisotopic (exact) mass is 313 g/mol. The van der Waals surface area contributed by atoms with Crippen LogP contribution in [0.25, 0.3) is 0 Å². The Morgan fingerprint density at radius 3 is 2.65 bits per heavy atom. The third kappa shape index (κ3) is 4.50. The summed E-state index contributed by atoms with van der Waals surface area (Å²) in [4.78, 5) is 0.407. The van der Waals surface area contributed by atoms with Gasteiger partial charge in [-0.05, 0) is 30.5 Å². The van der Waals surface area contributed by atoms with Crippen LogP contribution in [0.4, 0.5) is 0 Å². The number of sulfone groups is 1. The van der Waals surface area contributed by atoms with Gasteiger partial charge in [0.15, 0.2) is 9.84 Å². The van der Waals surface area contributed by atoms with Crippen molar-refractivity contribution in [1.29, 1.82) is 0 Å². The highest BCUT2D eigenvalue weighted by atomic mass is 32.2. The van der Waals surface area contributed by atoms with Crippen molar-refractivity contribution in [3.63, 3.8) is 0 Å². The van der Waals surface area contributed by atoms with E-state index in [1.807, 2.05) is 17.8 Å². The quantitative estimate of drug-likeness (QED) is 0.877. The third-order valence-electron chi connectivity index (χ3n) is 3.75. The van der Waals surface area contributed by atoms with Crippen LogP contribution in [-0.4, -0.2) is 25.2 Å². The van der Waals surface area contributed by atoms with Crippen LogP contribution in [0.15, 0.2) is 29.2 Å². The maximum absolute atomic E-state index is 12.3. The van der Waals surface area contributed by atoms with E-state index < -0.39 is 9.84 Å². The summed E-state index contributed by atoms with van der Waals surface area (Å²) in [6.45, 7) is 0.375. The molecule has 0 amide bonds. The molecule has 0 heterocycles. The molecule has 1 aromatic carbocycles. The van der Waals surface area contributed by atoms with Crippen LogP contribution in [-0.2, 0) is 16.4 Å². The number of nitrogens with two attached hydrogens (primary N) is 1. The number of rotatable bonds is 6. The molecule has 0 atom stereocenters. The van der Waals surface area contributed by atoms with Gasteiger partial charge < -0.3 is 5.73 Å². The van der Waals surface area contributed by atoms with E-state index in [0.717, 1.165) is 5.56 Å². The van der Waals surface area contributed by atoms with Gasteiger partial charge in [0, 0.05) is 17.5 Å². The van der Waals surface area contributed by atoms with Gasteiger partial charge in [0.05, 0.1) is 10.6 Å². The number of thioether (sulfide) groups is 1. The summed E-state index contributed by atoms with van der Waals surface area (Å²) < 4.78 is 24.6. The largest absolute Gasteiger partial charge is 0.326 e. The molecule has 1 aliphatic carbocycles. The van der Waals surface area contributed by atoms with Crippen molar-refractivity contribution >= 4 is 21.6 Å². The SMILES string of the molecule is NCc1cccc(S(=O)(=O)CCSC2CCCCC2)c1. The topological polar surface area (TPSA) is 60.2 Å². The molecule has 1 saturated carbocycles. The van der Waals surface area contributed by atoms with Gasteiger partial charge in [-0.1, -0.05) is 31.4 Å². The van der Waals surface area contributed by atoms with Gasteiger partial charge in [-0.25, -0.2) is 8.42 Å². The zero-order valence-electron chi connectivity index (χ0n) is 11.8. The molecule has 1 aromatic rings. The first-order chi connectivity index (χ1) is 9.62. The van der Waals surface area contributed by atoms with Gasteiger partial charge in [-0.3, -0.25) is 0 Å². The third-order valence-corrected chi connectivity index (χ3v) is 7.11. The highest BCUT2D eigenvalue weighted by Gasteiger charge is 2.18. The molecule has 2 rings (SSSR count). The first-order valence-corrected chi connectivity index (χ1v) is 9.95. The van der Waals surface area contributed by atoms with E-state index in [-0.39, 0.29) is 5.75 Å². The van der Waals surface area contributed by atoms with Gasteiger partial charge in [-0.2, -0.15) is 11.8 Å². The predicted molar refractivity (Wildman–Crippen MR) is 85.7 cm³/mol. The van der Waals surface area contributed by atoms with Crippen molar-refractivity contribution < 1.29 is 8.42 Å². The standard InChI is InChI=1S/C15H23NO2S2/c16-12-13-5-4-8-15(11-13)20(17,18)10-9-19-14-6-2-1-3-7-14/h4-5,8,11,14H,1-3,6-7,9-10,12,16H2. The zero-order valence-corrected chi connectivity index (χ0v) is 13.4. The number of benzene rings is 1. The second-order valence-corrected chi connectivity index (χ2v) is 8.82. The molecule has 1 fully saturated rings. The summed E-state index contributed by atoms with van der Waals surface area (Å²) >= 11 is 1.82. The summed E-state index contributed by atoms with van der Waals surface area (Å²) in [5.74, 6) is 0.919. The first-order valence-electron chi connectivity index (χ1n) is 7.25. The van der Waals surface area contributed by atoms with Gasteiger partial charge in [0.2, 0.25) is 0 Å². The summed E-state index contributed by atoms with van der Waals surface area (Å²) in [6, 6.07) is 6.99. The van der Waals surface area contributed by atoms with Crippen molar-refractivity contribution in [3.8, 4) is 0 Å². The molecule has 0 aliphatic heterocycles. The maximum atomic E-state index is 12.3. The van der Waals surface area contributed by atoms with Crippen molar-refractivity contribution in [2.24, 2.45) is 5.73 Å². The second-order valence-electron chi connectivity index (χ2n) is 5.30. The van der Waals surface area contributed by atoms with E-state index in [2.05, 4.69) is 0 Å².